The fourth-order valence-corrected chi connectivity index (χ4v) is 1.89. The fourth-order valence-electron chi connectivity index (χ4n) is 1.14. The predicted octanol–water partition coefficient (Wildman–Crippen LogP) is 1.21. The summed E-state index contributed by atoms with van der Waals surface area (Å²) in [7, 11) is 1.57. The van der Waals surface area contributed by atoms with Gasteiger partial charge in [0.2, 0.25) is 5.13 Å². The molecular formula is C9H15N3O3S. The molecule has 1 rings (SSSR count). The van der Waals surface area contributed by atoms with Crippen LogP contribution in [0.1, 0.15) is 18.9 Å². The van der Waals surface area contributed by atoms with Gasteiger partial charge in [-0.1, -0.05) is 25.2 Å². The third-order valence-corrected chi connectivity index (χ3v) is 2.77. The van der Waals surface area contributed by atoms with Crippen LogP contribution >= 0.6 is 11.3 Å². The molecule has 0 aliphatic carbocycles. The van der Waals surface area contributed by atoms with E-state index in [0.717, 1.165) is 5.01 Å². The highest BCUT2D eigenvalue weighted by molar-refractivity contribution is 7.15. The van der Waals surface area contributed by atoms with Crippen molar-refractivity contribution in [2.45, 2.75) is 26.5 Å². The van der Waals surface area contributed by atoms with Gasteiger partial charge in [-0.15, -0.1) is 10.2 Å². The number of rotatable bonds is 6. The summed E-state index contributed by atoms with van der Waals surface area (Å²) in [5.41, 5.74) is 0. The van der Waals surface area contributed by atoms with Crippen LogP contribution in [0.5, 0.6) is 0 Å². The molecule has 2 N–H and O–H groups in total. The first kappa shape index (κ1) is 12.9. The van der Waals surface area contributed by atoms with Gasteiger partial charge in [0, 0.05) is 7.11 Å². The number of carboxylic acids is 1. The number of hydrogen-bond donors (Lipinski definition) is 2. The summed E-state index contributed by atoms with van der Waals surface area (Å²) in [6.07, 6.45) is 0. The van der Waals surface area contributed by atoms with E-state index in [0.29, 0.717) is 11.7 Å². The molecule has 1 heterocycles. The van der Waals surface area contributed by atoms with Crippen molar-refractivity contribution in [2.75, 3.05) is 12.4 Å². The van der Waals surface area contributed by atoms with Crippen LogP contribution in [-0.2, 0) is 16.1 Å². The molecule has 0 aliphatic rings. The van der Waals surface area contributed by atoms with E-state index in [-0.39, 0.29) is 5.92 Å². The van der Waals surface area contributed by atoms with Crippen molar-refractivity contribution in [1.29, 1.82) is 0 Å². The predicted molar refractivity (Wildman–Crippen MR) is 60.5 cm³/mol. The van der Waals surface area contributed by atoms with Crippen LogP contribution in [0.2, 0.25) is 0 Å². The number of carboxylic acid groups (broad SMARTS) is 1. The lowest BCUT2D eigenvalue weighted by molar-refractivity contribution is -0.138. The van der Waals surface area contributed by atoms with Crippen LogP contribution in [0, 0.1) is 5.92 Å². The molecule has 0 aliphatic heterocycles. The van der Waals surface area contributed by atoms with E-state index in [1.165, 1.54) is 11.3 Å². The fraction of sp³-hybridized carbons (Fsp3) is 0.667. The summed E-state index contributed by atoms with van der Waals surface area (Å²) in [5, 5.41) is 20.8. The topological polar surface area (TPSA) is 84.3 Å². The third kappa shape index (κ3) is 3.42. The average molecular weight is 245 g/mol. The Morgan fingerprint density at radius 1 is 1.56 bits per heavy atom. The Labute approximate surface area is 97.7 Å². The smallest absolute Gasteiger partial charge is 0.326 e. The summed E-state index contributed by atoms with van der Waals surface area (Å²) < 4.78 is 4.90. The van der Waals surface area contributed by atoms with E-state index in [1.54, 1.807) is 7.11 Å². The lowest BCUT2D eigenvalue weighted by Crippen LogP contribution is -2.34. The Morgan fingerprint density at radius 2 is 2.25 bits per heavy atom. The Kier molecular flexibility index (Phi) is 4.63. The molecular weight excluding hydrogens is 230 g/mol. The number of anilines is 1. The standard InChI is InChI=1S/C9H15N3O3S/c1-5(2)7(8(13)14)10-9-12-11-6(16-9)4-15-3/h5,7H,4H2,1-3H3,(H,10,12)(H,13,14)/t7-/m1/s1. The minimum Gasteiger partial charge on any atom is -0.480 e. The van der Waals surface area contributed by atoms with Gasteiger partial charge in [0.15, 0.2) is 0 Å². The normalized spacial score (nSPS) is 12.8. The molecule has 7 heteroatoms. The highest BCUT2D eigenvalue weighted by Gasteiger charge is 2.22. The van der Waals surface area contributed by atoms with Gasteiger partial charge in [0.25, 0.3) is 0 Å². The number of nitrogens with one attached hydrogen (secondary N) is 1. The summed E-state index contributed by atoms with van der Waals surface area (Å²) in [4.78, 5) is 10.9. The second-order valence-corrected chi connectivity index (χ2v) is 4.70. The van der Waals surface area contributed by atoms with E-state index in [4.69, 9.17) is 9.84 Å². The first-order valence-electron chi connectivity index (χ1n) is 4.85. The Morgan fingerprint density at radius 3 is 2.75 bits per heavy atom. The first-order chi connectivity index (χ1) is 7.54. The van der Waals surface area contributed by atoms with Gasteiger partial charge >= 0.3 is 5.97 Å². The van der Waals surface area contributed by atoms with Gasteiger partial charge < -0.3 is 15.2 Å². The number of ether oxygens (including phenoxy) is 1. The zero-order valence-corrected chi connectivity index (χ0v) is 10.2. The quantitative estimate of drug-likeness (QED) is 0.783. The molecule has 0 aromatic carbocycles. The number of carbonyl (C=O) groups is 1. The Bertz CT molecular complexity index is 354. The van der Waals surface area contributed by atoms with Crippen molar-refractivity contribution in [1.82, 2.24) is 10.2 Å². The Hall–Kier alpha value is -1.21. The number of methoxy groups -OCH3 is 1. The van der Waals surface area contributed by atoms with Crippen molar-refractivity contribution >= 4 is 22.4 Å². The molecule has 0 amide bonds. The molecule has 0 radical (unpaired) electrons. The van der Waals surface area contributed by atoms with E-state index in [2.05, 4.69) is 15.5 Å². The van der Waals surface area contributed by atoms with Crippen LogP contribution in [-0.4, -0.2) is 34.4 Å². The lowest BCUT2D eigenvalue weighted by atomic mass is 10.1. The zero-order chi connectivity index (χ0) is 12.1. The summed E-state index contributed by atoms with van der Waals surface area (Å²) in [5.74, 6) is -0.911. The van der Waals surface area contributed by atoms with Crippen molar-refractivity contribution in [3.8, 4) is 0 Å². The van der Waals surface area contributed by atoms with Crippen LogP contribution in [0.3, 0.4) is 0 Å². The largest absolute Gasteiger partial charge is 0.480 e. The van der Waals surface area contributed by atoms with E-state index in [1.807, 2.05) is 13.8 Å². The monoisotopic (exact) mass is 245 g/mol. The number of aromatic nitrogens is 2. The molecule has 1 atom stereocenters. The van der Waals surface area contributed by atoms with Gasteiger partial charge in [0.05, 0.1) is 0 Å². The highest BCUT2D eigenvalue weighted by atomic mass is 32.1. The van der Waals surface area contributed by atoms with Gasteiger partial charge in [-0.05, 0) is 5.92 Å². The van der Waals surface area contributed by atoms with Crippen molar-refractivity contribution in [2.24, 2.45) is 5.92 Å². The maximum Gasteiger partial charge on any atom is 0.326 e. The average Bonchev–Trinajstić information content (AvgIpc) is 2.61. The molecule has 0 bridgehead atoms. The van der Waals surface area contributed by atoms with E-state index >= 15 is 0 Å². The van der Waals surface area contributed by atoms with Gasteiger partial charge in [0.1, 0.15) is 17.7 Å². The number of aliphatic carboxylic acids is 1. The Balaban J connectivity index is 2.66. The second kappa shape index (κ2) is 5.76. The van der Waals surface area contributed by atoms with Crippen LogP contribution in [0.15, 0.2) is 0 Å². The first-order valence-corrected chi connectivity index (χ1v) is 5.67. The molecule has 16 heavy (non-hydrogen) atoms. The zero-order valence-electron chi connectivity index (χ0n) is 9.43. The van der Waals surface area contributed by atoms with Crippen LogP contribution in [0.4, 0.5) is 5.13 Å². The summed E-state index contributed by atoms with van der Waals surface area (Å²) in [6, 6.07) is -0.650. The molecule has 0 saturated heterocycles. The molecule has 1 aromatic heterocycles. The molecule has 0 saturated carbocycles. The minimum atomic E-state index is -0.890. The number of nitrogens with zero attached hydrogens (tertiary/aromatic N) is 2. The highest BCUT2D eigenvalue weighted by Crippen LogP contribution is 2.18. The van der Waals surface area contributed by atoms with E-state index in [9.17, 15) is 4.79 Å². The third-order valence-electron chi connectivity index (χ3n) is 1.95. The van der Waals surface area contributed by atoms with Gasteiger partial charge in [-0.3, -0.25) is 0 Å². The maximum absolute atomic E-state index is 10.9. The molecule has 6 nitrogen and oxygen atoms in total. The molecule has 0 spiro atoms. The number of hydrogen-bond acceptors (Lipinski definition) is 6. The van der Waals surface area contributed by atoms with Gasteiger partial charge in [-0.2, -0.15) is 0 Å². The van der Waals surface area contributed by atoms with Crippen molar-refractivity contribution < 1.29 is 14.6 Å². The molecule has 1 aromatic rings. The molecule has 0 fully saturated rings. The minimum absolute atomic E-state index is 0.0210. The van der Waals surface area contributed by atoms with Crippen molar-refractivity contribution in [3.63, 3.8) is 0 Å². The molecule has 0 unspecified atom stereocenters. The molecule has 90 valence electrons. The maximum atomic E-state index is 10.9. The van der Waals surface area contributed by atoms with Gasteiger partial charge in [-0.25, -0.2) is 4.79 Å². The van der Waals surface area contributed by atoms with E-state index < -0.39 is 12.0 Å². The SMILES string of the molecule is COCc1nnc(N[C@@H](C(=O)O)C(C)C)s1. The van der Waals surface area contributed by atoms with Crippen molar-refractivity contribution in [3.05, 3.63) is 5.01 Å². The second-order valence-electron chi connectivity index (χ2n) is 3.64. The summed E-state index contributed by atoms with van der Waals surface area (Å²) in [6.45, 7) is 4.06. The lowest BCUT2D eigenvalue weighted by Gasteiger charge is -2.16. The van der Waals surface area contributed by atoms with Crippen LogP contribution in [0.25, 0.3) is 0 Å². The van der Waals surface area contributed by atoms with Crippen LogP contribution < -0.4 is 5.32 Å². The summed E-state index contributed by atoms with van der Waals surface area (Å²) >= 11 is 1.30.